The molecule has 0 aromatic heterocycles. The topological polar surface area (TPSA) is 83.5 Å². The molecule has 22 heavy (non-hydrogen) atoms. The maximum Gasteiger partial charge on any atom is 0.310 e. The highest BCUT2D eigenvalue weighted by molar-refractivity contribution is 5.90. The molecule has 1 unspecified atom stereocenters. The lowest BCUT2D eigenvalue weighted by Crippen LogP contribution is -2.11. The second-order valence-electron chi connectivity index (χ2n) is 5.29. The number of carboxylic acid groups (broad SMARTS) is 1. The lowest BCUT2D eigenvalue weighted by atomic mass is 10.0. The number of hydrogen-bond donors (Lipinski definition) is 2. The normalized spacial score (nSPS) is 11.7. The maximum absolute atomic E-state index is 11.8. The summed E-state index contributed by atoms with van der Waals surface area (Å²) >= 11 is 0. The molecule has 0 heterocycles. The minimum absolute atomic E-state index is 0.0546. The van der Waals surface area contributed by atoms with Crippen LogP contribution in [-0.2, 0) is 14.4 Å². The van der Waals surface area contributed by atoms with Gasteiger partial charge in [-0.15, -0.1) is 0 Å². The Morgan fingerprint density at radius 3 is 2.36 bits per heavy atom. The van der Waals surface area contributed by atoms with Crippen molar-refractivity contribution in [2.75, 3.05) is 5.32 Å². The molecule has 1 rings (SSSR count). The Bertz CT molecular complexity index is 496. The third-order valence-corrected chi connectivity index (χ3v) is 3.50. The molecule has 0 fully saturated rings. The Kier molecular flexibility index (Phi) is 7.89. The van der Waals surface area contributed by atoms with Gasteiger partial charge in [0.25, 0.3) is 0 Å². The SMILES string of the molecule is CC(C(=O)O)c1ccc(NC(=O)CCCCCC[C]=O)cc1. The van der Waals surface area contributed by atoms with E-state index >= 15 is 0 Å². The van der Waals surface area contributed by atoms with E-state index in [4.69, 9.17) is 5.11 Å². The first kappa shape index (κ1) is 17.9. The number of carbonyl (C=O) groups is 2. The number of hydrogen-bond acceptors (Lipinski definition) is 3. The van der Waals surface area contributed by atoms with Crippen molar-refractivity contribution < 1.29 is 19.5 Å². The van der Waals surface area contributed by atoms with Crippen LogP contribution in [-0.4, -0.2) is 23.3 Å². The zero-order valence-electron chi connectivity index (χ0n) is 12.8. The molecule has 0 aliphatic heterocycles. The van der Waals surface area contributed by atoms with Crippen LogP contribution >= 0.6 is 0 Å². The molecule has 0 saturated heterocycles. The number of carboxylic acids is 1. The molecule has 0 saturated carbocycles. The van der Waals surface area contributed by atoms with Gasteiger partial charge in [0.15, 0.2) is 6.29 Å². The second kappa shape index (κ2) is 9.71. The molecular formula is C17H22NO4. The standard InChI is InChI=1S/C17H22NO4/c1-13(17(21)22)14-8-10-15(11-9-14)18-16(20)7-5-3-2-4-6-12-19/h8-11,13H,2-7H2,1H3,(H,18,20)(H,21,22). The highest BCUT2D eigenvalue weighted by atomic mass is 16.4. The van der Waals surface area contributed by atoms with Crippen LogP contribution in [0, 0.1) is 0 Å². The first-order valence-electron chi connectivity index (χ1n) is 7.52. The molecule has 1 atom stereocenters. The molecule has 1 aromatic rings. The fraction of sp³-hybridized carbons (Fsp3) is 0.471. The van der Waals surface area contributed by atoms with Gasteiger partial charge in [-0.1, -0.05) is 25.0 Å². The van der Waals surface area contributed by atoms with Crippen LogP contribution in [0.3, 0.4) is 0 Å². The van der Waals surface area contributed by atoms with E-state index in [0.717, 1.165) is 25.7 Å². The molecule has 5 heteroatoms. The minimum atomic E-state index is -0.871. The summed E-state index contributed by atoms with van der Waals surface area (Å²) in [4.78, 5) is 32.7. The number of unbranched alkanes of at least 4 members (excludes halogenated alkanes) is 4. The van der Waals surface area contributed by atoms with Crippen LogP contribution in [0.5, 0.6) is 0 Å². The molecule has 5 nitrogen and oxygen atoms in total. The van der Waals surface area contributed by atoms with E-state index < -0.39 is 11.9 Å². The minimum Gasteiger partial charge on any atom is -0.481 e. The Morgan fingerprint density at radius 1 is 1.14 bits per heavy atom. The van der Waals surface area contributed by atoms with Gasteiger partial charge in [-0.25, -0.2) is 0 Å². The number of amides is 1. The number of nitrogens with one attached hydrogen (secondary N) is 1. The largest absolute Gasteiger partial charge is 0.481 e. The summed E-state index contributed by atoms with van der Waals surface area (Å²) in [6, 6.07) is 6.85. The molecule has 119 valence electrons. The predicted octanol–water partition coefficient (Wildman–Crippen LogP) is 3.26. The van der Waals surface area contributed by atoms with Crippen LogP contribution in [0.4, 0.5) is 5.69 Å². The summed E-state index contributed by atoms with van der Waals surface area (Å²) in [5.74, 6) is -1.49. The fourth-order valence-corrected chi connectivity index (χ4v) is 2.06. The molecular weight excluding hydrogens is 282 g/mol. The lowest BCUT2D eigenvalue weighted by Gasteiger charge is -2.09. The lowest BCUT2D eigenvalue weighted by molar-refractivity contribution is -0.138. The Balaban J connectivity index is 2.32. The maximum atomic E-state index is 11.8. The second-order valence-corrected chi connectivity index (χ2v) is 5.29. The Labute approximate surface area is 130 Å². The zero-order chi connectivity index (χ0) is 16.4. The quantitative estimate of drug-likeness (QED) is 0.650. The van der Waals surface area contributed by atoms with Crippen LogP contribution < -0.4 is 5.32 Å². The van der Waals surface area contributed by atoms with Crippen LogP contribution in [0.25, 0.3) is 0 Å². The summed E-state index contributed by atoms with van der Waals surface area (Å²) in [5, 5.41) is 11.7. The van der Waals surface area contributed by atoms with Gasteiger partial charge in [0.05, 0.1) is 5.92 Å². The van der Waals surface area contributed by atoms with Crippen LogP contribution in [0.1, 0.15) is 56.9 Å². The average molecular weight is 304 g/mol. The molecule has 1 aromatic carbocycles. The van der Waals surface area contributed by atoms with Crippen molar-refractivity contribution in [3.05, 3.63) is 29.8 Å². The van der Waals surface area contributed by atoms with E-state index in [9.17, 15) is 14.4 Å². The third-order valence-electron chi connectivity index (χ3n) is 3.50. The van der Waals surface area contributed by atoms with Gasteiger partial charge in [0, 0.05) is 18.5 Å². The molecule has 0 bridgehead atoms. The first-order valence-corrected chi connectivity index (χ1v) is 7.52. The molecule has 0 spiro atoms. The fourth-order valence-electron chi connectivity index (χ4n) is 2.06. The van der Waals surface area contributed by atoms with Crippen molar-refractivity contribution in [1.29, 1.82) is 0 Å². The smallest absolute Gasteiger partial charge is 0.310 e. The van der Waals surface area contributed by atoms with Gasteiger partial charge in [-0.2, -0.15) is 0 Å². The van der Waals surface area contributed by atoms with E-state index in [-0.39, 0.29) is 5.91 Å². The Morgan fingerprint density at radius 2 is 1.77 bits per heavy atom. The van der Waals surface area contributed by atoms with Crippen molar-refractivity contribution in [2.24, 2.45) is 0 Å². The van der Waals surface area contributed by atoms with Gasteiger partial charge in [0.2, 0.25) is 5.91 Å². The summed E-state index contributed by atoms with van der Waals surface area (Å²) in [7, 11) is 0. The molecule has 0 aliphatic carbocycles. The average Bonchev–Trinajstić information content (AvgIpc) is 2.50. The van der Waals surface area contributed by atoms with Gasteiger partial charge in [-0.3, -0.25) is 14.4 Å². The summed E-state index contributed by atoms with van der Waals surface area (Å²) in [5.41, 5.74) is 1.37. The monoisotopic (exact) mass is 304 g/mol. The number of carbonyl (C=O) groups excluding carboxylic acids is 2. The van der Waals surface area contributed by atoms with Crippen molar-refractivity contribution >= 4 is 23.9 Å². The molecule has 1 radical (unpaired) electrons. The molecule has 1 amide bonds. The van der Waals surface area contributed by atoms with Crippen molar-refractivity contribution in [3.63, 3.8) is 0 Å². The van der Waals surface area contributed by atoms with E-state index in [1.807, 2.05) is 6.29 Å². The predicted molar refractivity (Wildman–Crippen MR) is 84.5 cm³/mol. The van der Waals surface area contributed by atoms with E-state index in [1.165, 1.54) is 0 Å². The molecule has 2 N–H and O–H groups in total. The summed E-state index contributed by atoms with van der Waals surface area (Å²) in [6.07, 6.45) is 6.24. The highest BCUT2D eigenvalue weighted by Gasteiger charge is 2.13. The summed E-state index contributed by atoms with van der Waals surface area (Å²) in [6.45, 7) is 1.62. The van der Waals surface area contributed by atoms with Gasteiger partial charge >= 0.3 is 5.97 Å². The number of anilines is 1. The number of rotatable bonds is 10. The van der Waals surface area contributed by atoms with Gasteiger partial charge in [0.1, 0.15) is 0 Å². The summed E-state index contributed by atoms with van der Waals surface area (Å²) < 4.78 is 0. The van der Waals surface area contributed by atoms with Gasteiger partial charge in [-0.05, 0) is 37.5 Å². The van der Waals surface area contributed by atoms with Crippen molar-refractivity contribution in [3.8, 4) is 0 Å². The Hall–Kier alpha value is -2.17. The van der Waals surface area contributed by atoms with Gasteiger partial charge < -0.3 is 10.4 Å². The van der Waals surface area contributed by atoms with E-state index in [1.54, 1.807) is 31.2 Å². The highest BCUT2D eigenvalue weighted by Crippen LogP contribution is 2.18. The van der Waals surface area contributed by atoms with Crippen molar-refractivity contribution in [1.82, 2.24) is 0 Å². The number of benzene rings is 1. The van der Waals surface area contributed by atoms with Crippen LogP contribution in [0.2, 0.25) is 0 Å². The van der Waals surface area contributed by atoms with Crippen LogP contribution in [0.15, 0.2) is 24.3 Å². The first-order chi connectivity index (χ1) is 10.5. The van der Waals surface area contributed by atoms with E-state index in [2.05, 4.69) is 5.32 Å². The van der Waals surface area contributed by atoms with Crippen molar-refractivity contribution in [2.45, 2.75) is 51.4 Å². The van der Waals surface area contributed by atoms with E-state index in [0.29, 0.717) is 24.1 Å². The number of aliphatic carboxylic acids is 1. The molecule has 0 aliphatic rings. The zero-order valence-corrected chi connectivity index (χ0v) is 12.8. The third kappa shape index (κ3) is 6.52.